The third-order valence-electron chi connectivity index (χ3n) is 3.39. The maximum absolute atomic E-state index is 10.3. The summed E-state index contributed by atoms with van der Waals surface area (Å²) in [6, 6.07) is 5.30. The Kier molecular flexibility index (Phi) is 7.34. The quantitative estimate of drug-likeness (QED) is 0.878. The second kappa shape index (κ2) is 7.72. The molecule has 0 bridgehead atoms. The lowest BCUT2D eigenvalue weighted by Gasteiger charge is -2.29. The minimum Gasteiger partial charge on any atom is -0.497 e. The Morgan fingerprint density at radius 2 is 1.80 bits per heavy atom. The van der Waals surface area contributed by atoms with Crippen LogP contribution in [0.15, 0.2) is 18.2 Å². The first-order chi connectivity index (χ1) is 8.79. The molecule has 0 fully saturated rings. The van der Waals surface area contributed by atoms with E-state index in [4.69, 9.17) is 15.2 Å². The monoisotopic (exact) mass is 303 g/mol. The van der Waals surface area contributed by atoms with Crippen LogP contribution in [0.25, 0.3) is 0 Å². The Labute approximate surface area is 127 Å². The molecule has 1 aromatic rings. The lowest BCUT2D eigenvalue weighted by atomic mass is 9.83. The molecule has 2 atom stereocenters. The maximum Gasteiger partial charge on any atom is 0.128 e. The van der Waals surface area contributed by atoms with Gasteiger partial charge in [-0.2, -0.15) is 0 Å². The largest absolute Gasteiger partial charge is 0.497 e. The molecular formula is C15H26ClNO3. The van der Waals surface area contributed by atoms with Crippen LogP contribution in [0.4, 0.5) is 0 Å². The summed E-state index contributed by atoms with van der Waals surface area (Å²) in [4.78, 5) is 0. The molecule has 0 aliphatic carbocycles. The van der Waals surface area contributed by atoms with Crippen LogP contribution >= 0.6 is 12.4 Å². The summed E-state index contributed by atoms with van der Waals surface area (Å²) in [6.45, 7) is 6.20. The van der Waals surface area contributed by atoms with E-state index >= 15 is 0 Å². The Morgan fingerprint density at radius 1 is 1.20 bits per heavy atom. The van der Waals surface area contributed by atoms with E-state index in [2.05, 4.69) is 20.8 Å². The minimum absolute atomic E-state index is 0. The molecule has 0 saturated heterocycles. The Bertz CT molecular complexity index is 418. The van der Waals surface area contributed by atoms with E-state index in [1.165, 1.54) is 0 Å². The van der Waals surface area contributed by atoms with Crippen LogP contribution in [-0.2, 0) is 0 Å². The smallest absolute Gasteiger partial charge is 0.128 e. The summed E-state index contributed by atoms with van der Waals surface area (Å²) in [5.74, 6) is 1.32. The average molecular weight is 304 g/mol. The van der Waals surface area contributed by atoms with Crippen molar-refractivity contribution in [1.82, 2.24) is 0 Å². The predicted molar refractivity (Wildman–Crippen MR) is 83.8 cm³/mol. The fraction of sp³-hybridized carbons (Fsp3) is 0.600. The van der Waals surface area contributed by atoms with Crippen LogP contribution < -0.4 is 15.2 Å². The molecule has 1 aromatic carbocycles. The Balaban J connectivity index is 0.00000361. The number of nitrogens with two attached hydrogens (primary N) is 1. The first-order valence-corrected chi connectivity index (χ1v) is 6.45. The van der Waals surface area contributed by atoms with Crippen LogP contribution in [0, 0.1) is 5.41 Å². The van der Waals surface area contributed by atoms with E-state index < -0.39 is 6.10 Å². The van der Waals surface area contributed by atoms with Crippen LogP contribution in [0.1, 0.15) is 38.9 Å². The van der Waals surface area contributed by atoms with Crippen molar-refractivity contribution >= 4 is 12.4 Å². The van der Waals surface area contributed by atoms with Gasteiger partial charge in [0.15, 0.2) is 0 Å². The molecule has 0 aliphatic rings. The minimum atomic E-state index is -0.643. The standard InChI is InChI=1S/C15H25NO3.ClH/c1-15(2,3)14(16)9-12(17)11-7-6-10(18-4)8-13(11)19-5;/h6-8,12,14,17H,9,16H2,1-5H3;1H/t12-,14+;/m0./s1. The van der Waals surface area contributed by atoms with Gasteiger partial charge in [-0.3, -0.25) is 0 Å². The summed E-state index contributed by atoms with van der Waals surface area (Å²) in [6.07, 6.45) is -0.151. The van der Waals surface area contributed by atoms with Crippen molar-refractivity contribution in [1.29, 1.82) is 0 Å². The van der Waals surface area contributed by atoms with Crippen molar-refractivity contribution in [3.8, 4) is 11.5 Å². The fourth-order valence-corrected chi connectivity index (χ4v) is 1.81. The van der Waals surface area contributed by atoms with Crippen LogP contribution in [0.3, 0.4) is 0 Å². The number of methoxy groups -OCH3 is 2. The van der Waals surface area contributed by atoms with E-state index in [-0.39, 0.29) is 23.9 Å². The number of benzene rings is 1. The molecular weight excluding hydrogens is 278 g/mol. The summed E-state index contributed by atoms with van der Waals surface area (Å²) >= 11 is 0. The van der Waals surface area contributed by atoms with Gasteiger partial charge in [0, 0.05) is 17.7 Å². The van der Waals surface area contributed by atoms with Gasteiger partial charge in [0.25, 0.3) is 0 Å². The highest BCUT2D eigenvalue weighted by Gasteiger charge is 2.25. The normalized spacial score (nSPS) is 14.2. The van der Waals surface area contributed by atoms with Gasteiger partial charge in [-0.1, -0.05) is 20.8 Å². The molecule has 4 nitrogen and oxygen atoms in total. The average Bonchev–Trinajstić information content (AvgIpc) is 2.36. The molecule has 5 heteroatoms. The van der Waals surface area contributed by atoms with Crippen molar-refractivity contribution in [3.05, 3.63) is 23.8 Å². The van der Waals surface area contributed by atoms with Gasteiger partial charge in [-0.15, -0.1) is 12.4 Å². The van der Waals surface area contributed by atoms with Gasteiger partial charge in [0.2, 0.25) is 0 Å². The number of ether oxygens (including phenoxy) is 2. The van der Waals surface area contributed by atoms with Gasteiger partial charge >= 0.3 is 0 Å². The van der Waals surface area contributed by atoms with E-state index in [1.807, 2.05) is 12.1 Å². The second-order valence-electron chi connectivity index (χ2n) is 5.83. The molecule has 0 amide bonds. The number of aliphatic hydroxyl groups is 1. The van der Waals surface area contributed by atoms with E-state index in [9.17, 15) is 5.11 Å². The first-order valence-electron chi connectivity index (χ1n) is 6.45. The van der Waals surface area contributed by atoms with Gasteiger partial charge in [-0.05, 0) is 24.0 Å². The molecule has 20 heavy (non-hydrogen) atoms. The van der Waals surface area contributed by atoms with Crippen molar-refractivity contribution in [2.45, 2.75) is 39.3 Å². The number of rotatable bonds is 5. The molecule has 0 radical (unpaired) electrons. The SMILES string of the molecule is COc1ccc([C@@H](O)C[C@@H](N)C(C)(C)C)c(OC)c1.Cl. The number of hydrogen-bond acceptors (Lipinski definition) is 4. The fourth-order valence-electron chi connectivity index (χ4n) is 1.81. The van der Waals surface area contributed by atoms with E-state index in [1.54, 1.807) is 20.3 Å². The van der Waals surface area contributed by atoms with Crippen LogP contribution in [0.5, 0.6) is 11.5 Å². The van der Waals surface area contributed by atoms with E-state index in [0.29, 0.717) is 17.9 Å². The summed E-state index contributed by atoms with van der Waals surface area (Å²) in [5.41, 5.74) is 6.81. The van der Waals surface area contributed by atoms with Gasteiger partial charge in [-0.25, -0.2) is 0 Å². The lowest BCUT2D eigenvalue weighted by Crippen LogP contribution is -2.36. The molecule has 116 valence electrons. The molecule has 0 heterocycles. The summed E-state index contributed by atoms with van der Waals surface area (Å²) < 4.78 is 10.4. The van der Waals surface area contributed by atoms with Crippen molar-refractivity contribution in [2.24, 2.45) is 11.1 Å². The van der Waals surface area contributed by atoms with Gasteiger partial charge in [0.1, 0.15) is 11.5 Å². The molecule has 0 aromatic heterocycles. The zero-order valence-electron chi connectivity index (χ0n) is 12.8. The third kappa shape index (κ3) is 4.85. The van der Waals surface area contributed by atoms with Crippen molar-refractivity contribution in [3.63, 3.8) is 0 Å². The zero-order chi connectivity index (χ0) is 14.6. The summed E-state index contributed by atoms with van der Waals surface area (Å²) in [5, 5.41) is 10.3. The predicted octanol–water partition coefficient (Wildman–Crippen LogP) is 2.92. The van der Waals surface area contributed by atoms with Crippen molar-refractivity contribution in [2.75, 3.05) is 14.2 Å². The third-order valence-corrected chi connectivity index (χ3v) is 3.39. The number of halogens is 1. The molecule has 3 N–H and O–H groups in total. The van der Waals surface area contributed by atoms with Gasteiger partial charge < -0.3 is 20.3 Å². The topological polar surface area (TPSA) is 64.7 Å². The van der Waals surface area contributed by atoms with E-state index in [0.717, 1.165) is 5.56 Å². The maximum atomic E-state index is 10.3. The highest BCUT2D eigenvalue weighted by atomic mass is 35.5. The number of hydrogen-bond donors (Lipinski definition) is 2. The Hall–Kier alpha value is -0.970. The Morgan fingerprint density at radius 3 is 2.25 bits per heavy atom. The van der Waals surface area contributed by atoms with Gasteiger partial charge in [0.05, 0.1) is 20.3 Å². The molecule has 1 rings (SSSR count). The summed E-state index contributed by atoms with van der Waals surface area (Å²) in [7, 11) is 3.18. The lowest BCUT2D eigenvalue weighted by molar-refractivity contribution is 0.130. The number of aliphatic hydroxyl groups excluding tert-OH is 1. The first kappa shape index (κ1) is 19.0. The molecule has 0 unspecified atom stereocenters. The van der Waals surface area contributed by atoms with Crippen LogP contribution in [-0.4, -0.2) is 25.4 Å². The van der Waals surface area contributed by atoms with Crippen molar-refractivity contribution < 1.29 is 14.6 Å². The second-order valence-corrected chi connectivity index (χ2v) is 5.83. The highest BCUT2D eigenvalue weighted by Crippen LogP contribution is 2.33. The molecule has 0 saturated carbocycles. The van der Waals surface area contributed by atoms with Crippen LogP contribution in [0.2, 0.25) is 0 Å². The molecule has 0 aliphatic heterocycles. The molecule has 0 spiro atoms. The zero-order valence-corrected chi connectivity index (χ0v) is 13.7. The highest BCUT2D eigenvalue weighted by molar-refractivity contribution is 5.85.